The molecule has 0 aromatic heterocycles. The maximum Gasteiger partial charge on any atom is 0.243 e. The number of amides is 1. The SMILES string of the molecule is O=C(C[C@H]1CCCCN1S(=O)(=O)c1ccccc1)NC1CCCC1. The van der Waals surface area contributed by atoms with Crippen LogP contribution in [0.1, 0.15) is 51.4 Å². The molecule has 3 rings (SSSR count). The van der Waals surface area contributed by atoms with E-state index < -0.39 is 10.0 Å². The fourth-order valence-electron chi connectivity index (χ4n) is 3.79. The Labute approximate surface area is 144 Å². The highest BCUT2D eigenvalue weighted by Gasteiger charge is 2.34. The molecule has 1 aliphatic heterocycles. The van der Waals surface area contributed by atoms with Gasteiger partial charge in [0, 0.05) is 25.0 Å². The summed E-state index contributed by atoms with van der Waals surface area (Å²) in [5.74, 6) is -0.0120. The van der Waals surface area contributed by atoms with Crippen LogP contribution in [-0.2, 0) is 14.8 Å². The Kier molecular flexibility index (Phi) is 5.56. The molecular formula is C18H26N2O3S. The highest BCUT2D eigenvalue weighted by atomic mass is 32.2. The van der Waals surface area contributed by atoms with Crippen molar-refractivity contribution in [3.05, 3.63) is 30.3 Å². The molecule has 2 aliphatic rings. The lowest BCUT2D eigenvalue weighted by Gasteiger charge is -2.34. The van der Waals surface area contributed by atoms with Crippen LogP contribution in [-0.4, -0.2) is 37.3 Å². The lowest BCUT2D eigenvalue weighted by molar-refractivity contribution is -0.122. The molecule has 1 atom stereocenters. The summed E-state index contributed by atoms with van der Waals surface area (Å²) in [6, 6.07) is 8.57. The highest BCUT2D eigenvalue weighted by molar-refractivity contribution is 7.89. The molecule has 1 aromatic carbocycles. The molecule has 0 bridgehead atoms. The molecule has 132 valence electrons. The van der Waals surface area contributed by atoms with Gasteiger partial charge in [-0.2, -0.15) is 4.31 Å². The number of nitrogens with zero attached hydrogens (tertiary/aromatic N) is 1. The van der Waals surface area contributed by atoms with Crippen molar-refractivity contribution < 1.29 is 13.2 Å². The first-order valence-corrected chi connectivity index (χ1v) is 10.4. The van der Waals surface area contributed by atoms with Gasteiger partial charge in [-0.15, -0.1) is 0 Å². The Morgan fingerprint density at radius 2 is 1.71 bits per heavy atom. The van der Waals surface area contributed by atoms with Gasteiger partial charge in [0.25, 0.3) is 0 Å². The number of piperidine rings is 1. The summed E-state index contributed by atoms with van der Waals surface area (Å²) in [4.78, 5) is 12.7. The van der Waals surface area contributed by atoms with E-state index in [4.69, 9.17) is 0 Å². The first-order valence-electron chi connectivity index (χ1n) is 8.93. The van der Waals surface area contributed by atoms with Gasteiger partial charge in [-0.3, -0.25) is 4.79 Å². The lowest BCUT2D eigenvalue weighted by Crippen LogP contribution is -2.46. The summed E-state index contributed by atoms with van der Waals surface area (Å²) in [7, 11) is -3.53. The minimum absolute atomic E-state index is 0.0120. The number of hydrogen-bond donors (Lipinski definition) is 1. The standard InChI is InChI=1S/C18H26N2O3S/c21-18(19-15-8-4-5-9-15)14-16-10-6-7-13-20(16)24(22,23)17-11-2-1-3-12-17/h1-3,11-12,15-16H,4-10,13-14H2,(H,19,21)/t16-/m1/s1. The summed E-state index contributed by atoms with van der Waals surface area (Å²) >= 11 is 0. The Morgan fingerprint density at radius 3 is 2.42 bits per heavy atom. The van der Waals surface area contributed by atoms with Gasteiger partial charge in [0.15, 0.2) is 0 Å². The van der Waals surface area contributed by atoms with Crippen molar-refractivity contribution in [2.45, 2.75) is 68.3 Å². The molecule has 1 aliphatic carbocycles. The van der Waals surface area contributed by atoms with Crippen molar-refractivity contribution in [1.29, 1.82) is 0 Å². The quantitative estimate of drug-likeness (QED) is 0.888. The molecule has 0 unspecified atom stereocenters. The lowest BCUT2D eigenvalue weighted by atomic mass is 10.0. The van der Waals surface area contributed by atoms with Crippen LogP contribution in [0.3, 0.4) is 0 Å². The Balaban J connectivity index is 1.70. The molecule has 1 heterocycles. The molecule has 0 radical (unpaired) electrons. The van der Waals surface area contributed by atoms with Crippen LogP contribution in [0, 0.1) is 0 Å². The van der Waals surface area contributed by atoms with Crippen molar-refractivity contribution in [1.82, 2.24) is 9.62 Å². The van der Waals surface area contributed by atoms with Crippen molar-refractivity contribution in [3.8, 4) is 0 Å². The van der Waals surface area contributed by atoms with Crippen LogP contribution in [0.2, 0.25) is 0 Å². The summed E-state index contributed by atoms with van der Waals surface area (Å²) < 4.78 is 27.4. The number of nitrogens with one attached hydrogen (secondary N) is 1. The Hall–Kier alpha value is -1.40. The summed E-state index contributed by atoms with van der Waals surface area (Å²) in [5, 5.41) is 3.08. The molecule has 1 aromatic rings. The van der Waals surface area contributed by atoms with E-state index in [9.17, 15) is 13.2 Å². The largest absolute Gasteiger partial charge is 0.353 e. The van der Waals surface area contributed by atoms with E-state index in [0.29, 0.717) is 11.4 Å². The molecule has 24 heavy (non-hydrogen) atoms. The highest BCUT2D eigenvalue weighted by Crippen LogP contribution is 2.27. The summed E-state index contributed by atoms with van der Waals surface area (Å²) in [6.07, 6.45) is 7.28. The maximum atomic E-state index is 12.9. The minimum atomic E-state index is -3.53. The number of benzene rings is 1. The van der Waals surface area contributed by atoms with Gasteiger partial charge in [-0.1, -0.05) is 37.5 Å². The van der Waals surface area contributed by atoms with Gasteiger partial charge in [0.1, 0.15) is 0 Å². The molecular weight excluding hydrogens is 324 g/mol. The molecule has 6 heteroatoms. The third kappa shape index (κ3) is 3.98. The van der Waals surface area contributed by atoms with Gasteiger partial charge in [-0.25, -0.2) is 8.42 Å². The average molecular weight is 350 g/mol. The zero-order valence-electron chi connectivity index (χ0n) is 14.0. The summed E-state index contributed by atoms with van der Waals surface area (Å²) in [5.41, 5.74) is 0. The molecule has 0 spiro atoms. The van der Waals surface area contributed by atoms with Crippen molar-refractivity contribution in [2.75, 3.05) is 6.54 Å². The molecule has 1 amide bonds. The van der Waals surface area contributed by atoms with E-state index in [1.807, 2.05) is 6.07 Å². The molecule has 1 N–H and O–H groups in total. The Bertz CT molecular complexity index is 654. The van der Waals surface area contributed by atoms with Crippen molar-refractivity contribution in [2.24, 2.45) is 0 Å². The first kappa shape index (κ1) is 17.4. The van der Waals surface area contributed by atoms with E-state index in [-0.39, 0.29) is 24.4 Å². The van der Waals surface area contributed by atoms with Crippen LogP contribution >= 0.6 is 0 Å². The average Bonchev–Trinajstić information content (AvgIpc) is 3.09. The van der Waals surface area contributed by atoms with Crippen LogP contribution in [0.5, 0.6) is 0 Å². The van der Waals surface area contributed by atoms with Gasteiger partial charge in [-0.05, 0) is 37.8 Å². The number of carbonyl (C=O) groups excluding carboxylic acids is 1. The van der Waals surface area contributed by atoms with Crippen LogP contribution < -0.4 is 5.32 Å². The monoisotopic (exact) mass is 350 g/mol. The van der Waals surface area contributed by atoms with Crippen LogP contribution in [0.15, 0.2) is 35.2 Å². The van der Waals surface area contributed by atoms with Gasteiger partial charge in [0.2, 0.25) is 15.9 Å². The van der Waals surface area contributed by atoms with Gasteiger partial charge >= 0.3 is 0 Å². The van der Waals surface area contributed by atoms with E-state index >= 15 is 0 Å². The van der Waals surface area contributed by atoms with Crippen LogP contribution in [0.25, 0.3) is 0 Å². The predicted molar refractivity (Wildman–Crippen MR) is 93.0 cm³/mol. The number of carbonyl (C=O) groups is 1. The molecule has 2 fully saturated rings. The van der Waals surface area contributed by atoms with Crippen molar-refractivity contribution >= 4 is 15.9 Å². The molecule has 1 saturated carbocycles. The van der Waals surface area contributed by atoms with Gasteiger partial charge in [0.05, 0.1) is 4.90 Å². The molecule has 1 saturated heterocycles. The fourth-order valence-corrected chi connectivity index (χ4v) is 5.51. The number of rotatable bonds is 5. The zero-order chi connectivity index (χ0) is 17.0. The second kappa shape index (κ2) is 7.66. The third-order valence-corrected chi connectivity index (χ3v) is 7.03. The number of hydrogen-bond acceptors (Lipinski definition) is 3. The molecule has 5 nitrogen and oxygen atoms in total. The Morgan fingerprint density at radius 1 is 1.04 bits per heavy atom. The summed E-state index contributed by atoms with van der Waals surface area (Å²) in [6.45, 7) is 0.499. The van der Waals surface area contributed by atoms with Gasteiger partial charge < -0.3 is 5.32 Å². The van der Waals surface area contributed by atoms with E-state index in [1.54, 1.807) is 28.6 Å². The number of sulfonamides is 1. The predicted octanol–water partition coefficient (Wildman–Crippen LogP) is 2.68. The maximum absolute atomic E-state index is 12.9. The third-order valence-electron chi connectivity index (χ3n) is 5.06. The topological polar surface area (TPSA) is 66.5 Å². The van der Waals surface area contributed by atoms with Crippen molar-refractivity contribution in [3.63, 3.8) is 0 Å². The van der Waals surface area contributed by atoms with Crippen LogP contribution in [0.4, 0.5) is 0 Å². The minimum Gasteiger partial charge on any atom is -0.353 e. The first-order chi connectivity index (χ1) is 11.6. The fraction of sp³-hybridized carbons (Fsp3) is 0.611. The van der Waals surface area contributed by atoms with E-state index in [2.05, 4.69) is 5.32 Å². The van der Waals surface area contributed by atoms with E-state index in [1.165, 1.54) is 12.8 Å². The van der Waals surface area contributed by atoms with E-state index in [0.717, 1.165) is 32.1 Å². The second-order valence-corrected chi connectivity index (χ2v) is 8.72. The second-order valence-electron chi connectivity index (χ2n) is 6.83. The zero-order valence-corrected chi connectivity index (χ0v) is 14.8. The normalized spacial score (nSPS) is 23.2. The smallest absolute Gasteiger partial charge is 0.243 e.